The van der Waals surface area contributed by atoms with Crippen LogP contribution in [-0.2, 0) is 20.0 Å². The lowest BCUT2D eigenvalue weighted by Crippen LogP contribution is -2.25. The Labute approximate surface area is 189 Å². The van der Waals surface area contributed by atoms with E-state index in [9.17, 15) is 13.2 Å². The van der Waals surface area contributed by atoms with Gasteiger partial charge in [-0.3, -0.25) is 4.79 Å². The summed E-state index contributed by atoms with van der Waals surface area (Å²) in [7, 11) is -3.09. The zero-order chi connectivity index (χ0) is 22.9. The molecule has 32 heavy (non-hydrogen) atoms. The van der Waals surface area contributed by atoms with E-state index >= 15 is 0 Å². The second-order valence-corrected chi connectivity index (χ2v) is 11.6. The molecule has 0 radical (unpaired) electrons. The van der Waals surface area contributed by atoms with Gasteiger partial charge in [0.15, 0.2) is 9.84 Å². The highest BCUT2D eigenvalue weighted by Crippen LogP contribution is 2.32. The maximum Gasteiger partial charge on any atom is 0.237 e. The molecule has 1 amide bonds. The van der Waals surface area contributed by atoms with Crippen LogP contribution in [0.5, 0.6) is 0 Å². The first-order valence-electron chi connectivity index (χ1n) is 10.9. The van der Waals surface area contributed by atoms with Crippen molar-refractivity contribution < 1.29 is 13.2 Å². The minimum Gasteiger partial charge on any atom is -0.310 e. The number of nitrogens with zero attached hydrogens (tertiary/aromatic N) is 2. The molecule has 168 valence electrons. The summed E-state index contributed by atoms with van der Waals surface area (Å²) in [6.07, 6.45) is 0.497. The molecular formula is C25H29N3O3S. The van der Waals surface area contributed by atoms with E-state index < -0.39 is 15.8 Å². The smallest absolute Gasteiger partial charge is 0.237 e. The van der Waals surface area contributed by atoms with Crippen molar-refractivity contribution in [1.29, 1.82) is 0 Å². The molecule has 2 heterocycles. The number of nitrogens with one attached hydrogen (secondary N) is 1. The fraction of sp³-hybridized carbons (Fsp3) is 0.360. The van der Waals surface area contributed by atoms with Crippen LogP contribution in [0.4, 0.5) is 5.82 Å². The summed E-state index contributed by atoms with van der Waals surface area (Å²) in [6.45, 7) is 6.15. The summed E-state index contributed by atoms with van der Waals surface area (Å²) >= 11 is 0. The number of anilines is 1. The van der Waals surface area contributed by atoms with Gasteiger partial charge in [0.1, 0.15) is 5.82 Å². The number of hydrogen-bond acceptors (Lipinski definition) is 4. The lowest BCUT2D eigenvalue weighted by Gasteiger charge is -2.19. The van der Waals surface area contributed by atoms with Gasteiger partial charge in [0.05, 0.1) is 29.2 Å². The van der Waals surface area contributed by atoms with Crippen molar-refractivity contribution in [1.82, 2.24) is 9.78 Å². The number of amides is 1. The number of hydrogen-bond donors (Lipinski definition) is 1. The first-order valence-corrected chi connectivity index (χ1v) is 12.7. The van der Waals surface area contributed by atoms with E-state index in [4.69, 9.17) is 5.10 Å². The van der Waals surface area contributed by atoms with E-state index in [-0.39, 0.29) is 28.9 Å². The van der Waals surface area contributed by atoms with Gasteiger partial charge >= 0.3 is 0 Å². The molecule has 1 N–H and O–H groups in total. The van der Waals surface area contributed by atoms with Gasteiger partial charge in [-0.15, -0.1) is 0 Å². The highest BCUT2D eigenvalue weighted by Gasteiger charge is 2.33. The Morgan fingerprint density at radius 3 is 2.06 bits per heavy atom. The molecule has 2 aromatic carbocycles. The quantitative estimate of drug-likeness (QED) is 0.627. The molecule has 6 nitrogen and oxygen atoms in total. The highest BCUT2D eigenvalue weighted by atomic mass is 32.2. The van der Waals surface area contributed by atoms with Crippen LogP contribution in [0.2, 0.25) is 0 Å². The van der Waals surface area contributed by atoms with E-state index in [1.54, 1.807) is 4.68 Å². The molecule has 3 aromatic rings. The molecule has 1 saturated heterocycles. The van der Waals surface area contributed by atoms with Crippen LogP contribution >= 0.6 is 0 Å². The molecule has 0 aliphatic carbocycles. The first kappa shape index (κ1) is 22.3. The molecule has 0 bridgehead atoms. The summed E-state index contributed by atoms with van der Waals surface area (Å²) < 4.78 is 25.9. The van der Waals surface area contributed by atoms with Crippen molar-refractivity contribution >= 4 is 21.6 Å². The van der Waals surface area contributed by atoms with E-state index in [1.165, 1.54) is 0 Å². The molecule has 1 fully saturated rings. The maximum absolute atomic E-state index is 13.6. The summed E-state index contributed by atoms with van der Waals surface area (Å²) in [5, 5.41) is 7.80. The number of carbonyl (C=O) groups is 1. The zero-order valence-corrected chi connectivity index (χ0v) is 19.5. The first-order chi connectivity index (χ1) is 15.1. The van der Waals surface area contributed by atoms with Gasteiger partial charge in [-0.2, -0.15) is 5.10 Å². The number of benzene rings is 2. The third-order valence-electron chi connectivity index (χ3n) is 5.84. The Balaban J connectivity index is 1.71. The summed E-state index contributed by atoms with van der Waals surface area (Å²) in [4.78, 5) is 13.6. The van der Waals surface area contributed by atoms with E-state index in [2.05, 4.69) is 5.32 Å². The van der Waals surface area contributed by atoms with Crippen molar-refractivity contribution in [3.05, 3.63) is 83.6 Å². The largest absolute Gasteiger partial charge is 0.310 e. The summed E-state index contributed by atoms with van der Waals surface area (Å²) in [5.74, 6) is 0.0591. The molecule has 0 saturated carbocycles. The van der Waals surface area contributed by atoms with Crippen molar-refractivity contribution in [2.75, 3.05) is 16.8 Å². The molecule has 1 aromatic heterocycles. The normalized spacial score (nSPS) is 18.1. The van der Waals surface area contributed by atoms with E-state index in [0.29, 0.717) is 12.2 Å². The maximum atomic E-state index is 13.6. The average molecular weight is 452 g/mol. The minimum absolute atomic E-state index is 0.0436. The Bertz CT molecular complexity index is 1160. The van der Waals surface area contributed by atoms with Gasteiger partial charge in [0, 0.05) is 11.5 Å². The van der Waals surface area contributed by atoms with Gasteiger partial charge in [-0.05, 0) is 17.5 Å². The minimum atomic E-state index is -3.09. The third-order valence-corrected chi connectivity index (χ3v) is 7.59. The second kappa shape index (κ2) is 8.54. The fourth-order valence-electron chi connectivity index (χ4n) is 4.09. The fourth-order valence-corrected chi connectivity index (χ4v) is 5.78. The molecule has 0 spiro atoms. The zero-order valence-electron chi connectivity index (χ0n) is 18.7. The molecule has 7 heteroatoms. The highest BCUT2D eigenvalue weighted by molar-refractivity contribution is 7.91. The van der Waals surface area contributed by atoms with Crippen LogP contribution in [0, 0.1) is 0 Å². The predicted octanol–water partition coefficient (Wildman–Crippen LogP) is 4.31. The van der Waals surface area contributed by atoms with Gasteiger partial charge in [0.25, 0.3) is 0 Å². The van der Waals surface area contributed by atoms with Gasteiger partial charge in [-0.25, -0.2) is 13.1 Å². The van der Waals surface area contributed by atoms with Crippen molar-refractivity contribution in [3.63, 3.8) is 0 Å². The van der Waals surface area contributed by atoms with Crippen LogP contribution in [0.15, 0.2) is 66.7 Å². The van der Waals surface area contributed by atoms with Gasteiger partial charge in [0.2, 0.25) is 5.91 Å². The standard InChI is InChI=1S/C25H29N3O3S/c1-25(2,3)21-16-22(28(27-21)20-14-15-32(30,31)17-20)26-24(29)23(18-10-6-4-7-11-18)19-12-8-5-9-13-19/h4-13,16,20,23H,14-15,17H2,1-3H3,(H,26,29). The van der Waals surface area contributed by atoms with Crippen molar-refractivity contribution in [2.24, 2.45) is 0 Å². The monoisotopic (exact) mass is 451 g/mol. The molecular weight excluding hydrogens is 422 g/mol. The Hall–Kier alpha value is -2.93. The van der Waals surface area contributed by atoms with Gasteiger partial charge in [-0.1, -0.05) is 81.4 Å². The summed E-state index contributed by atoms with van der Waals surface area (Å²) in [6, 6.07) is 20.9. The topological polar surface area (TPSA) is 81.1 Å². The van der Waals surface area contributed by atoms with E-state index in [0.717, 1.165) is 16.8 Å². The lowest BCUT2D eigenvalue weighted by atomic mass is 9.90. The van der Waals surface area contributed by atoms with Crippen LogP contribution in [0.1, 0.15) is 56.0 Å². The van der Waals surface area contributed by atoms with E-state index in [1.807, 2.05) is 87.5 Å². The number of rotatable bonds is 5. The molecule has 1 aliphatic heterocycles. The third kappa shape index (κ3) is 4.78. The van der Waals surface area contributed by atoms with Crippen LogP contribution in [0.25, 0.3) is 0 Å². The number of carbonyl (C=O) groups excluding carboxylic acids is 1. The molecule has 1 aliphatic rings. The van der Waals surface area contributed by atoms with Crippen molar-refractivity contribution in [2.45, 2.75) is 44.6 Å². The number of aromatic nitrogens is 2. The Morgan fingerprint density at radius 2 is 1.59 bits per heavy atom. The van der Waals surface area contributed by atoms with Crippen LogP contribution < -0.4 is 5.32 Å². The molecule has 1 unspecified atom stereocenters. The van der Waals surface area contributed by atoms with Gasteiger partial charge < -0.3 is 5.32 Å². The van der Waals surface area contributed by atoms with Crippen LogP contribution in [0.3, 0.4) is 0 Å². The Kier molecular flexibility index (Phi) is 5.95. The second-order valence-electron chi connectivity index (χ2n) is 9.41. The SMILES string of the molecule is CC(C)(C)c1cc(NC(=O)C(c2ccccc2)c2ccccc2)n(C2CCS(=O)(=O)C2)n1. The van der Waals surface area contributed by atoms with Crippen LogP contribution in [-0.4, -0.2) is 35.6 Å². The summed E-state index contributed by atoms with van der Waals surface area (Å²) in [5.41, 5.74) is 2.36. The molecule has 1 atom stereocenters. The molecule has 4 rings (SSSR count). The Morgan fingerprint density at radius 1 is 1.03 bits per heavy atom. The average Bonchev–Trinajstić information content (AvgIpc) is 3.32. The lowest BCUT2D eigenvalue weighted by molar-refractivity contribution is -0.116. The predicted molar refractivity (Wildman–Crippen MR) is 127 cm³/mol. The van der Waals surface area contributed by atoms with Crippen molar-refractivity contribution in [3.8, 4) is 0 Å². The number of sulfone groups is 1.